The minimum absolute atomic E-state index is 0.131. The van der Waals surface area contributed by atoms with Crippen molar-refractivity contribution in [1.82, 2.24) is 4.90 Å². The summed E-state index contributed by atoms with van der Waals surface area (Å²) in [7, 11) is 6.17. The number of methoxy groups -OCH3 is 4. The van der Waals surface area contributed by atoms with Gasteiger partial charge in [-0.25, -0.2) is 0 Å². The van der Waals surface area contributed by atoms with Gasteiger partial charge in [-0.3, -0.25) is 9.59 Å². The Bertz CT molecular complexity index is 1340. The van der Waals surface area contributed by atoms with Crippen LogP contribution in [0.5, 0.6) is 23.0 Å². The van der Waals surface area contributed by atoms with Crippen LogP contribution in [0.1, 0.15) is 39.0 Å². The molecule has 0 aromatic heterocycles. The van der Waals surface area contributed by atoms with Gasteiger partial charge in [0.05, 0.1) is 46.1 Å². The summed E-state index contributed by atoms with van der Waals surface area (Å²) in [5.74, 6) is 0.885. The first-order valence-electron chi connectivity index (χ1n) is 11.7. The molecule has 8 heteroatoms. The molecule has 0 bridgehead atoms. The summed E-state index contributed by atoms with van der Waals surface area (Å²) < 4.78 is 21.8. The van der Waals surface area contributed by atoms with E-state index in [4.69, 9.17) is 18.9 Å². The molecule has 3 aromatic rings. The van der Waals surface area contributed by atoms with Gasteiger partial charge >= 0.3 is 0 Å². The van der Waals surface area contributed by atoms with Crippen molar-refractivity contribution >= 4 is 17.5 Å². The molecule has 0 saturated heterocycles. The lowest BCUT2D eigenvalue weighted by molar-refractivity contribution is -0.119. The quantitative estimate of drug-likeness (QED) is 0.560. The Morgan fingerprint density at radius 3 is 2.31 bits per heavy atom. The molecule has 2 aliphatic heterocycles. The van der Waals surface area contributed by atoms with Gasteiger partial charge in [-0.2, -0.15) is 0 Å². The van der Waals surface area contributed by atoms with Gasteiger partial charge in [-0.05, 0) is 47.4 Å². The summed E-state index contributed by atoms with van der Waals surface area (Å²) in [6.07, 6.45) is 0.721. The number of hydrogen-bond acceptors (Lipinski definition) is 6. The molecule has 8 nitrogen and oxygen atoms in total. The van der Waals surface area contributed by atoms with E-state index < -0.39 is 12.0 Å². The fraction of sp³-hybridized carbons (Fsp3) is 0.286. The van der Waals surface area contributed by atoms with Crippen LogP contribution in [0.3, 0.4) is 0 Å². The number of anilines is 1. The molecule has 0 radical (unpaired) electrons. The SMILES string of the molecule is COc1ccc(OC)c(NC(=O)C2c3cc(OC)c(OC)cc3C(=O)N3CCc4ccccc4C23)c1. The highest BCUT2D eigenvalue weighted by molar-refractivity contribution is 6.05. The predicted molar refractivity (Wildman–Crippen MR) is 134 cm³/mol. The highest BCUT2D eigenvalue weighted by Crippen LogP contribution is 2.49. The smallest absolute Gasteiger partial charge is 0.254 e. The second-order valence-corrected chi connectivity index (χ2v) is 8.72. The maximum Gasteiger partial charge on any atom is 0.254 e. The number of carbonyl (C=O) groups is 2. The third-order valence-corrected chi connectivity index (χ3v) is 6.98. The molecule has 0 fully saturated rings. The van der Waals surface area contributed by atoms with Crippen molar-refractivity contribution in [2.24, 2.45) is 0 Å². The number of amides is 2. The van der Waals surface area contributed by atoms with Crippen molar-refractivity contribution in [2.45, 2.75) is 18.4 Å². The average Bonchev–Trinajstić information content (AvgIpc) is 2.92. The number of rotatable bonds is 6. The topological polar surface area (TPSA) is 86.3 Å². The molecule has 186 valence electrons. The second-order valence-electron chi connectivity index (χ2n) is 8.72. The van der Waals surface area contributed by atoms with E-state index in [0.29, 0.717) is 46.4 Å². The molecule has 36 heavy (non-hydrogen) atoms. The number of fused-ring (bicyclic) bond motifs is 4. The van der Waals surface area contributed by atoms with Crippen LogP contribution in [0.15, 0.2) is 54.6 Å². The molecule has 2 unspecified atom stereocenters. The molecule has 0 spiro atoms. The fourth-order valence-electron chi connectivity index (χ4n) is 5.25. The van der Waals surface area contributed by atoms with Crippen LogP contribution in [0.25, 0.3) is 0 Å². The number of carbonyl (C=O) groups excluding carboxylic acids is 2. The molecule has 5 rings (SSSR count). The van der Waals surface area contributed by atoms with Crippen molar-refractivity contribution < 1.29 is 28.5 Å². The summed E-state index contributed by atoms with van der Waals surface area (Å²) in [5, 5.41) is 3.04. The Hall–Kier alpha value is -4.20. The Balaban J connectivity index is 1.68. The van der Waals surface area contributed by atoms with Gasteiger partial charge in [0.25, 0.3) is 5.91 Å². The zero-order valence-electron chi connectivity index (χ0n) is 20.7. The first-order chi connectivity index (χ1) is 17.5. The first kappa shape index (κ1) is 23.5. The van der Waals surface area contributed by atoms with Gasteiger partial charge in [0, 0.05) is 18.2 Å². The van der Waals surface area contributed by atoms with Crippen LogP contribution in [0.2, 0.25) is 0 Å². The summed E-state index contributed by atoms with van der Waals surface area (Å²) >= 11 is 0. The van der Waals surface area contributed by atoms with E-state index in [2.05, 4.69) is 11.4 Å². The lowest BCUT2D eigenvalue weighted by Gasteiger charge is -2.45. The summed E-state index contributed by atoms with van der Waals surface area (Å²) in [6.45, 7) is 0.514. The standard InChI is InChI=1S/C28H28N2O6/c1-33-17-9-10-22(34-2)21(13-17)29-27(31)25-19-14-23(35-3)24(36-4)15-20(19)28(32)30-12-11-16-7-5-6-8-18(16)26(25)30/h5-10,13-15,25-26H,11-12H2,1-4H3,(H,29,31). The van der Waals surface area contributed by atoms with Crippen LogP contribution in [-0.2, 0) is 11.2 Å². The summed E-state index contributed by atoms with van der Waals surface area (Å²) in [4.78, 5) is 29.6. The van der Waals surface area contributed by atoms with Crippen LogP contribution in [-0.4, -0.2) is 51.7 Å². The van der Waals surface area contributed by atoms with Crippen LogP contribution in [0.4, 0.5) is 5.69 Å². The number of nitrogens with zero attached hydrogens (tertiary/aromatic N) is 1. The third kappa shape index (κ3) is 3.79. The highest BCUT2D eigenvalue weighted by atomic mass is 16.5. The van der Waals surface area contributed by atoms with Gasteiger partial charge in [-0.15, -0.1) is 0 Å². The Morgan fingerprint density at radius 1 is 0.861 bits per heavy atom. The zero-order chi connectivity index (χ0) is 25.4. The minimum atomic E-state index is -0.699. The molecule has 0 saturated carbocycles. The van der Waals surface area contributed by atoms with Gasteiger partial charge in [-0.1, -0.05) is 24.3 Å². The van der Waals surface area contributed by atoms with Crippen LogP contribution in [0, 0.1) is 0 Å². The maximum absolute atomic E-state index is 14.1. The molecule has 2 atom stereocenters. The van der Waals surface area contributed by atoms with E-state index in [1.165, 1.54) is 14.2 Å². The predicted octanol–water partition coefficient (Wildman–Crippen LogP) is 4.20. The van der Waals surface area contributed by atoms with Gasteiger partial charge < -0.3 is 29.2 Å². The highest BCUT2D eigenvalue weighted by Gasteiger charge is 2.47. The van der Waals surface area contributed by atoms with E-state index >= 15 is 0 Å². The normalized spacial score (nSPS) is 17.9. The molecule has 2 heterocycles. The average molecular weight is 489 g/mol. The van der Waals surface area contributed by atoms with E-state index in [1.54, 1.807) is 49.5 Å². The van der Waals surface area contributed by atoms with E-state index in [1.807, 2.05) is 18.2 Å². The lowest BCUT2D eigenvalue weighted by atomic mass is 9.75. The van der Waals surface area contributed by atoms with Crippen molar-refractivity contribution in [3.8, 4) is 23.0 Å². The van der Waals surface area contributed by atoms with Crippen molar-refractivity contribution in [1.29, 1.82) is 0 Å². The van der Waals surface area contributed by atoms with E-state index in [-0.39, 0.29) is 11.8 Å². The van der Waals surface area contributed by atoms with Gasteiger partial charge in [0.15, 0.2) is 11.5 Å². The molecular formula is C28H28N2O6. The molecule has 2 aliphatic rings. The maximum atomic E-state index is 14.1. The molecule has 0 aliphatic carbocycles. The molecule has 2 amide bonds. The van der Waals surface area contributed by atoms with Crippen molar-refractivity contribution in [3.63, 3.8) is 0 Å². The zero-order valence-corrected chi connectivity index (χ0v) is 20.7. The molecular weight excluding hydrogens is 460 g/mol. The monoisotopic (exact) mass is 488 g/mol. The number of nitrogens with one attached hydrogen (secondary N) is 1. The van der Waals surface area contributed by atoms with E-state index in [0.717, 1.165) is 17.5 Å². The van der Waals surface area contributed by atoms with Crippen molar-refractivity contribution in [2.75, 3.05) is 40.3 Å². The summed E-state index contributed by atoms with van der Waals surface area (Å²) in [6, 6.07) is 16.1. The molecule has 3 aromatic carbocycles. The van der Waals surface area contributed by atoms with Gasteiger partial charge in [0.1, 0.15) is 11.5 Å². The largest absolute Gasteiger partial charge is 0.497 e. The van der Waals surface area contributed by atoms with Gasteiger partial charge in [0.2, 0.25) is 5.91 Å². The van der Waals surface area contributed by atoms with E-state index in [9.17, 15) is 9.59 Å². The fourth-order valence-corrected chi connectivity index (χ4v) is 5.25. The minimum Gasteiger partial charge on any atom is -0.497 e. The summed E-state index contributed by atoms with van der Waals surface area (Å²) in [5.41, 5.74) is 3.61. The first-order valence-corrected chi connectivity index (χ1v) is 11.7. The Kier molecular flexibility index (Phi) is 6.18. The van der Waals surface area contributed by atoms with Crippen LogP contribution >= 0.6 is 0 Å². The Labute approximate surface area is 209 Å². The second kappa shape index (κ2) is 9.45. The third-order valence-electron chi connectivity index (χ3n) is 6.98. The number of hydrogen-bond donors (Lipinski definition) is 1. The number of benzene rings is 3. The Morgan fingerprint density at radius 2 is 1.58 bits per heavy atom. The number of ether oxygens (including phenoxy) is 4. The van der Waals surface area contributed by atoms with Crippen molar-refractivity contribution in [3.05, 3.63) is 76.9 Å². The van der Waals surface area contributed by atoms with Crippen LogP contribution < -0.4 is 24.3 Å². The lowest BCUT2D eigenvalue weighted by Crippen LogP contribution is -2.49. The molecule has 1 N–H and O–H groups in total.